The van der Waals surface area contributed by atoms with E-state index in [0.29, 0.717) is 37.3 Å². The molecule has 2 aliphatic heterocycles. The van der Waals surface area contributed by atoms with Crippen molar-refractivity contribution in [1.29, 1.82) is 0 Å². The maximum Gasteiger partial charge on any atom is 0.354 e. The molecule has 1 atom stereocenters. The number of likely N-dealkylation sites (tertiary alicyclic amines) is 1. The van der Waals surface area contributed by atoms with Gasteiger partial charge in [-0.2, -0.15) is 4.98 Å². The lowest BCUT2D eigenvalue weighted by molar-refractivity contribution is -0.137. The second kappa shape index (κ2) is 10.6. The summed E-state index contributed by atoms with van der Waals surface area (Å²) in [7, 11) is 0. The molecule has 3 amide bonds. The van der Waals surface area contributed by atoms with Gasteiger partial charge in [0.15, 0.2) is 0 Å². The number of hydrogen-bond donors (Lipinski definition) is 3. The van der Waals surface area contributed by atoms with Crippen LogP contribution in [0.1, 0.15) is 32.3 Å². The number of halogens is 1. The predicted molar refractivity (Wildman–Crippen MR) is 147 cm³/mol. The molecule has 12 heteroatoms. The fourth-order valence-corrected chi connectivity index (χ4v) is 5.31. The van der Waals surface area contributed by atoms with E-state index in [2.05, 4.69) is 15.2 Å². The lowest BCUT2D eigenvalue weighted by Crippen LogP contribution is -2.58. The first-order chi connectivity index (χ1) is 17.5. The Labute approximate surface area is 228 Å². The highest BCUT2D eigenvalue weighted by atomic mass is 35.5. The smallest absolute Gasteiger partial charge is 0.338 e. The number of carbonyl (C=O) groups is 2. The van der Waals surface area contributed by atoms with E-state index in [-0.39, 0.29) is 36.2 Å². The van der Waals surface area contributed by atoms with Gasteiger partial charge in [-0.05, 0) is 55.9 Å². The quantitative estimate of drug-likeness (QED) is 0.509. The Bertz CT molecular complexity index is 1230. The van der Waals surface area contributed by atoms with Crippen LogP contribution in [0.15, 0.2) is 41.3 Å². The fourth-order valence-electron chi connectivity index (χ4n) is 5.31. The molecule has 1 aromatic heterocycles. The van der Waals surface area contributed by atoms with Crippen molar-refractivity contribution in [1.82, 2.24) is 24.3 Å². The molecule has 0 unspecified atom stereocenters. The lowest BCUT2D eigenvalue weighted by atomic mass is 10.0. The van der Waals surface area contributed by atoms with Crippen LogP contribution in [0.25, 0.3) is 5.69 Å². The Morgan fingerprint density at radius 2 is 1.71 bits per heavy atom. The van der Waals surface area contributed by atoms with Gasteiger partial charge < -0.3 is 21.3 Å². The highest BCUT2D eigenvalue weighted by molar-refractivity contribution is 5.89. The largest absolute Gasteiger partial charge is 0.354 e. The number of nitrogens with one attached hydrogen (secondary N) is 1. The lowest BCUT2D eigenvalue weighted by Gasteiger charge is -2.37. The Kier molecular flexibility index (Phi) is 7.85. The first-order valence-corrected chi connectivity index (χ1v) is 12.9. The van der Waals surface area contributed by atoms with Gasteiger partial charge in [0, 0.05) is 58.1 Å². The number of amides is 3. The van der Waals surface area contributed by atoms with Gasteiger partial charge in [-0.1, -0.05) is 12.1 Å². The summed E-state index contributed by atoms with van der Waals surface area (Å²) in [6, 6.07) is 9.38. The van der Waals surface area contributed by atoms with Crippen LogP contribution in [0, 0.1) is 5.41 Å². The van der Waals surface area contributed by atoms with E-state index in [1.165, 1.54) is 23.0 Å². The number of nitrogens with zero attached hydrogens (tertiary/aromatic N) is 5. The van der Waals surface area contributed by atoms with Crippen LogP contribution < -0.4 is 22.5 Å². The van der Waals surface area contributed by atoms with Gasteiger partial charge in [-0.25, -0.2) is 9.59 Å². The zero-order chi connectivity index (χ0) is 26.4. The second-order valence-electron chi connectivity index (χ2n) is 11.2. The fraction of sp³-hybridized carbons (Fsp3) is 0.538. The van der Waals surface area contributed by atoms with Crippen molar-refractivity contribution in [3.63, 3.8) is 0 Å². The predicted octanol–water partition coefficient (Wildman–Crippen LogP) is 0.991. The first kappa shape index (κ1) is 28.0. The summed E-state index contributed by atoms with van der Waals surface area (Å²) in [5.41, 5.74) is 13.0. The van der Waals surface area contributed by atoms with Crippen molar-refractivity contribution in [2.45, 2.75) is 44.8 Å². The third-order valence-corrected chi connectivity index (χ3v) is 7.74. The van der Waals surface area contributed by atoms with Crippen LogP contribution in [0.3, 0.4) is 0 Å². The van der Waals surface area contributed by atoms with Gasteiger partial charge in [0.05, 0.1) is 11.2 Å². The van der Waals surface area contributed by atoms with Gasteiger partial charge in [0.1, 0.15) is 5.82 Å². The molecule has 1 aliphatic carbocycles. The Morgan fingerprint density at radius 1 is 1.08 bits per heavy atom. The highest BCUT2D eigenvalue weighted by Crippen LogP contribution is 2.52. The number of hydrogen-bond acceptors (Lipinski definition) is 7. The van der Waals surface area contributed by atoms with Crippen LogP contribution in [0.4, 0.5) is 10.6 Å². The van der Waals surface area contributed by atoms with E-state index < -0.39 is 11.2 Å². The molecule has 3 aliphatic rings. The second-order valence-corrected chi connectivity index (χ2v) is 11.2. The van der Waals surface area contributed by atoms with Crippen molar-refractivity contribution in [3.8, 4) is 5.69 Å². The molecule has 0 radical (unpaired) electrons. The molecule has 0 bridgehead atoms. The SMILES string of the molecule is CC(C)(N)C(=O)N1CCN(C(=O)Nc2ccn(-c3ccc(CN4C[C@H](N)C5(CC5)C4)cc3)c(=O)n2)CC1.Cl. The maximum absolute atomic E-state index is 12.7. The Balaban J connectivity index is 0.00000336. The molecule has 1 spiro atoms. The van der Waals surface area contributed by atoms with Crippen molar-refractivity contribution >= 4 is 30.2 Å². The molecule has 5 N–H and O–H groups in total. The molecule has 2 aromatic rings. The van der Waals surface area contributed by atoms with Crippen LogP contribution in [-0.4, -0.2) is 87.0 Å². The summed E-state index contributed by atoms with van der Waals surface area (Å²) in [6.07, 6.45) is 4.08. The van der Waals surface area contributed by atoms with Gasteiger partial charge >= 0.3 is 11.7 Å². The van der Waals surface area contributed by atoms with Crippen molar-refractivity contribution in [2.24, 2.45) is 16.9 Å². The monoisotopic (exact) mass is 544 g/mol. The molecule has 206 valence electrons. The van der Waals surface area contributed by atoms with Crippen molar-refractivity contribution in [2.75, 3.05) is 44.6 Å². The van der Waals surface area contributed by atoms with E-state index >= 15 is 0 Å². The summed E-state index contributed by atoms with van der Waals surface area (Å²) in [5, 5.41) is 2.69. The summed E-state index contributed by atoms with van der Waals surface area (Å²) in [4.78, 5) is 47.4. The maximum atomic E-state index is 12.7. The summed E-state index contributed by atoms with van der Waals surface area (Å²) in [6.45, 7) is 7.74. The van der Waals surface area contributed by atoms with Gasteiger partial charge in [-0.3, -0.25) is 19.6 Å². The topological polar surface area (TPSA) is 143 Å². The first-order valence-electron chi connectivity index (χ1n) is 12.9. The molecular formula is C26H37ClN8O3. The molecule has 1 aromatic carbocycles. The Hall–Kier alpha value is -2.99. The number of aromatic nitrogens is 2. The third kappa shape index (κ3) is 5.85. The molecular weight excluding hydrogens is 508 g/mol. The van der Waals surface area contributed by atoms with Crippen LogP contribution in [-0.2, 0) is 11.3 Å². The average molecular weight is 545 g/mol. The minimum Gasteiger partial charge on any atom is -0.338 e. The standard InChI is InChI=1S/C26H36N8O3.ClH/c1-25(2,28)22(35)32-11-13-33(14-12-32)23(36)29-21-7-10-34(24(37)30-21)19-5-3-18(4-6-19)15-31-16-20(27)26(17-31)8-9-26;/h3-7,10,20H,8-9,11-17,27-28H2,1-2H3,(H,29,30,36,37);1H/t20-;/m0./s1. The number of benzene rings is 1. The van der Waals surface area contributed by atoms with E-state index in [9.17, 15) is 14.4 Å². The third-order valence-electron chi connectivity index (χ3n) is 7.74. The van der Waals surface area contributed by atoms with Crippen LogP contribution >= 0.6 is 12.4 Å². The minimum absolute atomic E-state index is 0. The van der Waals surface area contributed by atoms with E-state index in [1.54, 1.807) is 35.9 Å². The molecule has 2 saturated heterocycles. The van der Waals surface area contributed by atoms with Crippen molar-refractivity contribution in [3.05, 3.63) is 52.6 Å². The molecule has 1 saturated carbocycles. The molecule has 5 rings (SSSR count). The zero-order valence-corrected chi connectivity index (χ0v) is 22.7. The molecule has 38 heavy (non-hydrogen) atoms. The average Bonchev–Trinajstić information content (AvgIpc) is 3.57. The van der Waals surface area contributed by atoms with Crippen LogP contribution in [0.5, 0.6) is 0 Å². The normalized spacial score (nSPS) is 20.8. The van der Waals surface area contributed by atoms with Gasteiger partial charge in [0.2, 0.25) is 5.91 Å². The van der Waals surface area contributed by atoms with E-state index in [0.717, 1.165) is 19.6 Å². The number of anilines is 1. The van der Waals surface area contributed by atoms with Crippen molar-refractivity contribution < 1.29 is 9.59 Å². The summed E-state index contributed by atoms with van der Waals surface area (Å²) < 4.78 is 1.45. The van der Waals surface area contributed by atoms with Crippen LogP contribution in [0.2, 0.25) is 0 Å². The molecule has 3 heterocycles. The highest BCUT2D eigenvalue weighted by Gasteiger charge is 2.53. The molecule has 3 fully saturated rings. The Morgan fingerprint density at radius 3 is 2.26 bits per heavy atom. The van der Waals surface area contributed by atoms with Gasteiger partial charge in [0.25, 0.3) is 0 Å². The summed E-state index contributed by atoms with van der Waals surface area (Å²) in [5.74, 6) is 0.0432. The molecule has 11 nitrogen and oxygen atoms in total. The number of piperazine rings is 1. The number of nitrogens with two attached hydrogens (primary N) is 2. The number of rotatable bonds is 5. The number of urea groups is 1. The minimum atomic E-state index is -0.944. The van der Waals surface area contributed by atoms with Gasteiger partial charge in [-0.15, -0.1) is 12.4 Å². The zero-order valence-electron chi connectivity index (χ0n) is 21.9. The summed E-state index contributed by atoms with van der Waals surface area (Å²) >= 11 is 0. The number of carbonyl (C=O) groups excluding carboxylic acids is 2. The van der Waals surface area contributed by atoms with E-state index in [1.807, 2.05) is 24.3 Å². The van der Waals surface area contributed by atoms with E-state index in [4.69, 9.17) is 11.5 Å².